The molecule has 0 aromatic heterocycles. The second kappa shape index (κ2) is 7.78. The van der Waals surface area contributed by atoms with Crippen LogP contribution in [0.4, 0.5) is 0 Å². The number of aryl methyl sites for hydroxylation is 1. The van der Waals surface area contributed by atoms with E-state index in [-0.39, 0.29) is 6.61 Å². The lowest BCUT2D eigenvalue weighted by atomic mass is 9.98. The number of ether oxygens (including phenoxy) is 4. The summed E-state index contributed by atoms with van der Waals surface area (Å²) in [5, 5.41) is 10.7. The van der Waals surface area contributed by atoms with Crippen LogP contribution in [0.1, 0.15) is 27.8 Å². The fraction of sp³-hybridized carbons (Fsp3) is 0.381. The van der Waals surface area contributed by atoms with Gasteiger partial charge < -0.3 is 24.1 Å². The molecule has 6 nitrogen and oxygen atoms in total. The van der Waals surface area contributed by atoms with Crippen molar-refractivity contribution in [3.05, 3.63) is 71.3 Å². The summed E-state index contributed by atoms with van der Waals surface area (Å²) in [6.45, 7) is 2.35. The second-order valence-electron chi connectivity index (χ2n) is 6.85. The number of carbonyl (C=O) groups excluding carboxylic acids is 1. The molecule has 0 unspecified atom stereocenters. The Balaban J connectivity index is 1.43. The smallest absolute Gasteiger partial charge is 0.338 e. The molecule has 2 aliphatic rings. The van der Waals surface area contributed by atoms with Crippen molar-refractivity contribution in [3.63, 3.8) is 0 Å². The molecule has 0 radical (unpaired) electrons. The molecule has 0 bridgehead atoms. The molecular weight excluding hydrogens is 348 g/mol. The molecule has 2 saturated heterocycles. The van der Waals surface area contributed by atoms with Crippen LogP contribution in [0.3, 0.4) is 0 Å². The van der Waals surface area contributed by atoms with Crippen molar-refractivity contribution in [2.45, 2.75) is 37.6 Å². The molecule has 5 atom stereocenters. The third-order valence-electron chi connectivity index (χ3n) is 4.87. The number of aliphatic hydroxyl groups is 1. The first-order valence-corrected chi connectivity index (χ1v) is 9.01. The monoisotopic (exact) mass is 370 g/mol. The van der Waals surface area contributed by atoms with E-state index in [9.17, 15) is 9.90 Å². The summed E-state index contributed by atoms with van der Waals surface area (Å²) < 4.78 is 22.8. The molecule has 27 heavy (non-hydrogen) atoms. The van der Waals surface area contributed by atoms with Crippen LogP contribution in [-0.4, -0.2) is 48.7 Å². The van der Waals surface area contributed by atoms with E-state index < -0.39 is 36.7 Å². The Labute approximate surface area is 157 Å². The zero-order chi connectivity index (χ0) is 18.8. The summed E-state index contributed by atoms with van der Waals surface area (Å²) in [6, 6.07) is 16.6. The van der Waals surface area contributed by atoms with E-state index in [1.165, 1.54) is 0 Å². The highest BCUT2D eigenvalue weighted by Crippen LogP contribution is 2.33. The van der Waals surface area contributed by atoms with Crippen LogP contribution in [-0.2, 0) is 18.9 Å². The molecule has 2 fully saturated rings. The van der Waals surface area contributed by atoms with Crippen LogP contribution in [0.15, 0.2) is 54.6 Å². The lowest BCUT2D eigenvalue weighted by molar-refractivity contribution is -0.313. The van der Waals surface area contributed by atoms with Crippen LogP contribution >= 0.6 is 0 Å². The number of hydrogen-bond acceptors (Lipinski definition) is 6. The highest BCUT2D eigenvalue weighted by molar-refractivity contribution is 5.89. The van der Waals surface area contributed by atoms with Crippen LogP contribution in [0, 0.1) is 6.92 Å². The number of carbonyl (C=O) groups is 1. The Morgan fingerprint density at radius 1 is 1.04 bits per heavy atom. The normalized spacial score (nSPS) is 30.4. The summed E-state index contributed by atoms with van der Waals surface area (Å²) in [5.41, 5.74) is 2.35. The van der Waals surface area contributed by atoms with Crippen molar-refractivity contribution in [1.29, 1.82) is 0 Å². The van der Waals surface area contributed by atoms with Gasteiger partial charge in [-0.3, -0.25) is 0 Å². The quantitative estimate of drug-likeness (QED) is 0.837. The molecule has 2 aromatic rings. The Bertz CT molecular complexity index is 775. The lowest BCUT2D eigenvalue weighted by Crippen LogP contribution is -2.59. The maximum absolute atomic E-state index is 12.4. The second-order valence-corrected chi connectivity index (χ2v) is 6.85. The van der Waals surface area contributed by atoms with Gasteiger partial charge in [-0.15, -0.1) is 0 Å². The molecule has 0 aliphatic carbocycles. The van der Waals surface area contributed by atoms with Gasteiger partial charge in [0.25, 0.3) is 0 Å². The van der Waals surface area contributed by atoms with Gasteiger partial charge in [-0.1, -0.05) is 48.0 Å². The van der Waals surface area contributed by atoms with Crippen LogP contribution < -0.4 is 0 Å². The highest BCUT2D eigenvalue weighted by Gasteiger charge is 2.46. The molecular formula is C21H22O6. The largest absolute Gasteiger partial charge is 0.453 e. The van der Waals surface area contributed by atoms with Gasteiger partial charge in [0, 0.05) is 5.56 Å². The van der Waals surface area contributed by atoms with E-state index in [0.717, 1.165) is 11.1 Å². The maximum atomic E-state index is 12.4. The van der Waals surface area contributed by atoms with Crippen molar-refractivity contribution in [2.75, 3.05) is 13.2 Å². The Kier molecular flexibility index (Phi) is 5.22. The highest BCUT2D eigenvalue weighted by atomic mass is 16.7. The van der Waals surface area contributed by atoms with Gasteiger partial charge in [-0.05, 0) is 19.1 Å². The van der Waals surface area contributed by atoms with E-state index in [2.05, 4.69) is 0 Å². The minimum atomic E-state index is -0.992. The summed E-state index contributed by atoms with van der Waals surface area (Å²) in [4.78, 5) is 12.4. The molecule has 0 spiro atoms. The zero-order valence-electron chi connectivity index (χ0n) is 15.0. The van der Waals surface area contributed by atoms with Gasteiger partial charge in [-0.25, -0.2) is 4.79 Å². The number of hydrogen-bond donors (Lipinski definition) is 1. The van der Waals surface area contributed by atoms with E-state index >= 15 is 0 Å². The minimum Gasteiger partial charge on any atom is -0.453 e. The first-order valence-electron chi connectivity index (χ1n) is 9.01. The fourth-order valence-corrected chi connectivity index (χ4v) is 3.30. The van der Waals surface area contributed by atoms with E-state index in [1.807, 2.05) is 49.4 Å². The van der Waals surface area contributed by atoms with Crippen molar-refractivity contribution in [1.82, 2.24) is 0 Å². The van der Waals surface area contributed by atoms with Gasteiger partial charge in [0.2, 0.25) is 0 Å². The molecule has 2 aromatic carbocycles. The molecule has 6 heteroatoms. The van der Waals surface area contributed by atoms with Crippen molar-refractivity contribution < 1.29 is 28.8 Å². The molecule has 1 N–H and O–H groups in total. The van der Waals surface area contributed by atoms with E-state index in [4.69, 9.17) is 18.9 Å². The number of fused-ring (bicyclic) bond motifs is 1. The Hall–Kier alpha value is -2.25. The minimum absolute atomic E-state index is 0.0999. The average molecular weight is 370 g/mol. The molecule has 2 heterocycles. The SMILES string of the molecule is Cc1ccc(C(=O)O[C@H]2CO[C@H]3CO[C@H](c4ccccc4)O[C@H]3[C@@H]2O)cc1. The third kappa shape index (κ3) is 3.89. The zero-order valence-corrected chi connectivity index (χ0v) is 15.0. The number of rotatable bonds is 3. The third-order valence-corrected chi connectivity index (χ3v) is 4.87. The van der Waals surface area contributed by atoms with Crippen LogP contribution in [0.5, 0.6) is 0 Å². The molecule has 2 aliphatic heterocycles. The standard InChI is InChI=1S/C21H22O6/c1-13-7-9-14(10-8-13)20(23)26-16-11-24-17-12-25-21(27-19(17)18(16)22)15-5-3-2-4-6-15/h2-10,16-19,21-22H,11-12H2,1H3/t16-,17-,18+,19+,21-/m0/s1. The van der Waals surface area contributed by atoms with Crippen LogP contribution in [0.25, 0.3) is 0 Å². The van der Waals surface area contributed by atoms with Crippen LogP contribution in [0.2, 0.25) is 0 Å². The Morgan fingerprint density at radius 3 is 2.52 bits per heavy atom. The van der Waals surface area contributed by atoms with Crippen molar-refractivity contribution in [2.24, 2.45) is 0 Å². The summed E-state index contributed by atoms with van der Waals surface area (Å²) in [5.74, 6) is -0.493. The predicted molar refractivity (Wildman–Crippen MR) is 96.1 cm³/mol. The summed E-state index contributed by atoms with van der Waals surface area (Å²) in [7, 11) is 0. The number of aliphatic hydroxyl groups excluding tert-OH is 1. The van der Waals surface area contributed by atoms with E-state index in [1.54, 1.807) is 12.1 Å². The first-order chi connectivity index (χ1) is 13.1. The van der Waals surface area contributed by atoms with Gasteiger partial charge >= 0.3 is 5.97 Å². The number of benzene rings is 2. The molecule has 0 amide bonds. The first kappa shape index (κ1) is 18.1. The molecule has 142 valence electrons. The maximum Gasteiger partial charge on any atom is 0.338 e. The Morgan fingerprint density at radius 2 is 1.78 bits per heavy atom. The van der Waals surface area contributed by atoms with Gasteiger partial charge in [0.1, 0.15) is 18.3 Å². The van der Waals surface area contributed by atoms with Crippen molar-refractivity contribution >= 4 is 5.97 Å². The van der Waals surface area contributed by atoms with Gasteiger partial charge in [0.15, 0.2) is 12.4 Å². The average Bonchev–Trinajstić information content (AvgIpc) is 2.71. The van der Waals surface area contributed by atoms with Crippen molar-refractivity contribution in [3.8, 4) is 0 Å². The lowest BCUT2D eigenvalue weighted by Gasteiger charge is -2.44. The number of esters is 1. The molecule has 4 rings (SSSR count). The topological polar surface area (TPSA) is 74.2 Å². The van der Waals surface area contributed by atoms with E-state index in [0.29, 0.717) is 12.2 Å². The summed E-state index contributed by atoms with van der Waals surface area (Å²) >= 11 is 0. The molecule has 0 saturated carbocycles. The fourth-order valence-electron chi connectivity index (χ4n) is 3.30. The van der Waals surface area contributed by atoms with Gasteiger partial charge in [0.05, 0.1) is 18.8 Å². The van der Waals surface area contributed by atoms with Gasteiger partial charge in [-0.2, -0.15) is 0 Å². The predicted octanol–water partition coefficient (Wildman–Crippen LogP) is 2.39. The summed E-state index contributed by atoms with van der Waals surface area (Å²) in [6.07, 6.45) is -3.40.